The van der Waals surface area contributed by atoms with E-state index in [-0.39, 0.29) is 5.69 Å². The molecule has 4 rings (SSSR count). The van der Waals surface area contributed by atoms with Crippen LogP contribution in [0.5, 0.6) is 5.75 Å². The van der Waals surface area contributed by atoms with E-state index in [1.807, 2.05) is 24.3 Å². The van der Waals surface area contributed by atoms with Crippen molar-refractivity contribution in [2.75, 3.05) is 7.11 Å². The minimum absolute atomic E-state index is 0.143. The summed E-state index contributed by atoms with van der Waals surface area (Å²) in [5, 5.41) is 5.99. The molecule has 0 unspecified atom stereocenters. The second-order valence-corrected chi connectivity index (χ2v) is 7.88. The number of thioether (sulfide) groups is 1. The first-order chi connectivity index (χ1) is 12.7. The van der Waals surface area contributed by atoms with Gasteiger partial charge in [0.05, 0.1) is 13.7 Å². The van der Waals surface area contributed by atoms with Crippen LogP contribution in [0.25, 0.3) is 5.65 Å². The summed E-state index contributed by atoms with van der Waals surface area (Å²) >= 11 is 1.76. The van der Waals surface area contributed by atoms with E-state index in [0.29, 0.717) is 17.4 Å². The van der Waals surface area contributed by atoms with Crippen LogP contribution >= 0.6 is 11.8 Å². The lowest BCUT2D eigenvalue weighted by molar-refractivity contribution is 0.414. The van der Waals surface area contributed by atoms with Crippen LogP contribution in [0.15, 0.2) is 46.5 Å². The van der Waals surface area contributed by atoms with Gasteiger partial charge in [-0.3, -0.25) is 0 Å². The highest BCUT2D eigenvalue weighted by Crippen LogP contribution is 2.33. The number of methoxy groups -OCH3 is 1. The lowest BCUT2D eigenvalue weighted by Crippen LogP contribution is -2.21. The molecule has 7 heteroatoms. The van der Waals surface area contributed by atoms with Gasteiger partial charge in [0.15, 0.2) is 5.65 Å². The van der Waals surface area contributed by atoms with Crippen LogP contribution in [-0.4, -0.2) is 31.5 Å². The highest BCUT2D eigenvalue weighted by atomic mass is 32.2. The molecule has 0 aliphatic heterocycles. The summed E-state index contributed by atoms with van der Waals surface area (Å²) in [4.78, 5) is 17.2. The topological polar surface area (TPSA) is 61.4 Å². The van der Waals surface area contributed by atoms with Crippen molar-refractivity contribution in [3.8, 4) is 5.75 Å². The molecular weight excluding hydrogens is 348 g/mol. The smallest absolute Gasteiger partial charge is 0.350 e. The van der Waals surface area contributed by atoms with E-state index in [4.69, 9.17) is 4.74 Å². The largest absolute Gasteiger partial charge is 0.497 e. The Bertz CT molecular complexity index is 960. The van der Waals surface area contributed by atoms with Gasteiger partial charge in [-0.05, 0) is 30.5 Å². The van der Waals surface area contributed by atoms with Gasteiger partial charge >= 0.3 is 5.69 Å². The van der Waals surface area contributed by atoms with Crippen molar-refractivity contribution >= 4 is 17.4 Å². The summed E-state index contributed by atoms with van der Waals surface area (Å²) in [5.41, 5.74) is 1.48. The molecule has 1 aromatic carbocycles. The Morgan fingerprint density at radius 2 is 2.12 bits per heavy atom. The maximum absolute atomic E-state index is 12.7. The molecule has 1 aliphatic carbocycles. The number of fused-ring (bicyclic) bond motifs is 1. The van der Waals surface area contributed by atoms with Crippen molar-refractivity contribution in [1.29, 1.82) is 0 Å². The van der Waals surface area contributed by atoms with E-state index in [1.54, 1.807) is 35.7 Å². The zero-order valence-corrected chi connectivity index (χ0v) is 15.6. The number of hydrogen-bond acceptors (Lipinski definition) is 5. The summed E-state index contributed by atoms with van der Waals surface area (Å²) in [7, 11) is 1.64. The number of aromatic nitrogens is 4. The highest BCUT2D eigenvalue weighted by Gasteiger charge is 2.19. The average molecular weight is 370 g/mol. The van der Waals surface area contributed by atoms with Crippen molar-refractivity contribution < 1.29 is 4.74 Å². The van der Waals surface area contributed by atoms with E-state index < -0.39 is 0 Å². The molecule has 6 nitrogen and oxygen atoms in total. The second-order valence-electron chi connectivity index (χ2n) is 6.60. The second kappa shape index (κ2) is 7.53. The standard InChI is InChI=1S/C19H22N4O2S/c1-25-15-7-5-6-14(12-15)13-23-19(24)22-11-10-20-18(17(22)21-23)26-16-8-3-2-4-9-16/h5-7,10-12,16H,2-4,8-9,13H2,1H3. The van der Waals surface area contributed by atoms with Crippen LogP contribution in [0.4, 0.5) is 0 Å². The van der Waals surface area contributed by atoms with Gasteiger partial charge in [-0.25, -0.2) is 18.9 Å². The molecule has 26 heavy (non-hydrogen) atoms. The van der Waals surface area contributed by atoms with E-state index in [9.17, 15) is 4.79 Å². The lowest BCUT2D eigenvalue weighted by atomic mass is 10.0. The Balaban J connectivity index is 1.65. The summed E-state index contributed by atoms with van der Waals surface area (Å²) in [5.74, 6) is 0.773. The minimum atomic E-state index is -0.143. The third kappa shape index (κ3) is 3.49. The quantitative estimate of drug-likeness (QED) is 0.689. The van der Waals surface area contributed by atoms with Gasteiger partial charge in [-0.2, -0.15) is 0 Å². The normalized spacial score (nSPS) is 15.4. The van der Waals surface area contributed by atoms with Gasteiger partial charge in [-0.15, -0.1) is 5.10 Å². The molecule has 0 bridgehead atoms. The first-order valence-electron chi connectivity index (χ1n) is 8.98. The molecule has 0 atom stereocenters. The van der Waals surface area contributed by atoms with Crippen molar-refractivity contribution in [3.05, 3.63) is 52.7 Å². The molecule has 1 fully saturated rings. The Morgan fingerprint density at radius 1 is 1.27 bits per heavy atom. The molecular formula is C19H22N4O2S. The van der Waals surface area contributed by atoms with Gasteiger partial charge in [0.1, 0.15) is 10.8 Å². The predicted molar refractivity (Wildman–Crippen MR) is 102 cm³/mol. The van der Waals surface area contributed by atoms with Crippen LogP contribution in [0.2, 0.25) is 0 Å². The van der Waals surface area contributed by atoms with E-state index in [1.165, 1.54) is 36.8 Å². The summed E-state index contributed by atoms with van der Waals surface area (Å²) in [6, 6.07) is 7.70. The number of hydrogen-bond donors (Lipinski definition) is 0. The predicted octanol–water partition coefficient (Wildman–Crippen LogP) is 3.37. The minimum Gasteiger partial charge on any atom is -0.497 e. The van der Waals surface area contributed by atoms with Gasteiger partial charge in [0.25, 0.3) is 0 Å². The Hall–Kier alpha value is -2.28. The zero-order valence-electron chi connectivity index (χ0n) is 14.8. The summed E-state index contributed by atoms with van der Waals surface area (Å²) < 4.78 is 8.35. The van der Waals surface area contributed by atoms with Gasteiger partial charge in [0.2, 0.25) is 0 Å². The summed E-state index contributed by atoms with van der Waals surface area (Å²) in [6.07, 6.45) is 9.68. The molecule has 2 heterocycles. The van der Waals surface area contributed by atoms with Crippen LogP contribution in [0, 0.1) is 0 Å². The molecule has 0 spiro atoms. The first-order valence-corrected chi connectivity index (χ1v) is 9.86. The van der Waals surface area contributed by atoms with Crippen LogP contribution < -0.4 is 10.4 Å². The molecule has 1 aliphatic rings. The number of rotatable bonds is 5. The van der Waals surface area contributed by atoms with Crippen LogP contribution in [-0.2, 0) is 6.54 Å². The monoisotopic (exact) mass is 370 g/mol. The SMILES string of the molecule is COc1cccc(Cn2nc3c(SC4CCCCC4)nccn3c2=O)c1. The average Bonchev–Trinajstić information content (AvgIpc) is 3.00. The Labute approximate surface area is 156 Å². The lowest BCUT2D eigenvalue weighted by Gasteiger charge is -2.20. The number of benzene rings is 1. The van der Waals surface area contributed by atoms with Crippen molar-refractivity contribution in [3.63, 3.8) is 0 Å². The number of nitrogens with zero attached hydrogens (tertiary/aromatic N) is 4. The van der Waals surface area contributed by atoms with Gasteiger partial charge < -0.3 is 4.74 Å². The summed E-state index contributed by atoms with van der Waals surface area (Å²) in [6.45, 7) is 0.408. The third-order valence-electron chi connectivity index (χ3n) is 4.77. The fourth-order valence-corrected chi connectivity index (χ4v) is 4.65. The van der Waals surface area contributed by atoms with Crippen molar-refractivity contribution in [1.82, 2.24) is 19.2 Å². The number of ether oxygens (including phenoxy) is 1. The van der Waals surface area contributed by atoms with E-state index in [2.05, 4.69) is 10.1 Å². The zero-order chi connectivity index (χ0) is 17.9. The molecule has 136 valence electrons. The van der Waals surface area contributed by atoms with E-state index in [0.717, 1.165) is 16.3 Å². The Kier molecular flexibility index (Phi) is 4.97. The van der Waals surface area contributed by atoms with Crippen molar-refractivity contribution in [2.45, 2.75) is 48.9 Å². The van der Waals surface area contributed by atoms with Gasteiger partial charge in [0, 0.05) is 17.6 Å². The first kappa shape index (κ1) is 17.1. The van der Waals surface area contributed by atoms with E-state index >= 15 is 0 Å². The highest BCUT2D eigenvalue weighted by molar-refractivity contribution is 8.00. The maximum Gasteiger partial charge on any atom is 0.350 e. The fourth-order valence-electron chi connectivity index (χ4n) is 3.40. The molecule has 0 radical (unpaired) electrons. The van der Waals surface area contributed by atoms with Crippen molar-refractivity contribution in [2.24, 2.45) is 0 Å². The molecule has 0 amide bonds. The molecule has 2 aromatic heterocycles. The molecule has 0 N–H and O–H groups in total. The molecule has 1 saturated carbocycles. The van der Waals surface area contributed by atoms with Crippen LogP contribution in [0.1, 0.15) is 37.7 Å². The molecule has 3 aromatic rings. The fraction of sp³-hybridized carbons (Fsp3) is 0.421. The molecule has 0 saturated heterocycles. The third-order valence-corrected chi connectivity index (χ3v) is 6.08. The van der Waals surface area contributed by atoms with Gasteiger partial charge in [-0.1, -0.05) is 43.2 Å². The Morgan fingerprint density at radius 3 is 2.92 bits per heavy atom. The maximum atomic E-state index is 12.7. The van der Waals surface area contributed by atoms with Crippen LogP contribution in [0.3, 0.4) is 0 Å².